The second kappa shape index (κ2) is 7.11. The van der Waals surface area contributed by atoms with Crippen molar-refractivity contribution in [3.63, 3.8) is 0 Å². The van der Waals surface area contributed by atoms with E-state index in [2.05, 4.69) is 30.4 Å². The molecular formula is C17H21N7O2. The molecule has 0 bridgehead atoms. The highest BCUT2D eigenvalue weighted by atomic mass is 16.5. The van der Waals surface area contributed by atoms with Gasteiger partial charge in [-0.3, -0.25) is 4.79 Å². The number of aromatic nitrogens is 5. The number of nitrogens with zero attached hydrogens (tertiary/aromatic N) is 6. The molecule has 0 radical (unpaired) electrons. The molecule has 26 heavy (non-hydrogen) atoms. The first kappa shape index (κ1) is 16.5. The smallest absolute Gasteiger partial charge is 0.273 e. The largest absolute Gasteiger partial charge is 0.361 e. The number of carbonyl (C=O) groups excluding carboxylic acids is 1. The molecule has 1 aliphatic heterocycles. The van der Waals surface area contributed by atoms with Gasteiger partial charge in [-0.25, -0.2) is 14.6 Å². The summed E-state index contributed by atoms with van der Waals surface area (Å²) in [5, 5.41) is 11.9. The van der Waals surface area contributed by atoms with Crippen molar-refractivity contribution in [2.45, 2.75) is 32.7 Å². The molecule has 0 atom stereocenters. The Morgan fingerprint density at radius 1 is 1.27 bits per heavy atom. The maximum Gasteiger partial charge on any atom is 0.273 e. The predicted molar refractivity (Wildman–Crippen MR) is 95.0 cm³/mol. The van der Waals surface area contributed by atoms with E-state index in [0.717, 1.165) is 29.9 Å². The van der Waals surface area contributed by atoms with Gasteiger partial charge in [-0.2, -0.15) is 5.10 Å². The molecule has 0 spiro atoms. The Morgan fingerprint density at radius 3 is 2.88 bits per heavy atom. The summed E-state index contributed by atoms with van der Waals surface area (Å²) in [5.74, 6) is 1.29. The average molecular weight is 355 g/mol. The Morgan fingerprint density at radius 2 is 2.12 bits per heavy atom. The van der Waals surface area contributed by atoms with Crippen LogP contribution in [0.25, 0.3) is 11.0 Å². The zero-order valence-electron chi connectivity index (χ0n) is 14.7. The monoisotopic (exact) mass is 355 g/mol. The van der Waals surface area contributed by atoms with Gasteiger partial charge in [0.15, 0.2) is 11.3 Å². The van der Waals surface area contributed by atoms with Crippen molar-refractivity contribution < 1.29 is 9.32 Å². The maximum atomic E-state index is 12.0. The second-order valence-corrected chi connectivity index (χ2v) is 6.43. The van der Waals surface area contributed by atoms with E-state index in [9.17, 15) is 4.79 Å². The fraction of sp³-hybridized carbons (Fsp3) is 0.471. The van der Waals surface area contributed by atoms with Gasteiger partial charge in [-0.15, -0.1) is 0 Å². The fourth-order valence-corrected chi connectivity index (χ4v) is 3.24. The summed E-state index contributed by atoms with van der Waals surface area (Å²) in [6.07, 6.45) is 7.04. The van der Waals surface area contributed by atoms with Crippen LogP contribution in [0.5, 0.6) is 0 Å². The van der Waals surface area contributed by atoms with Crippen molar-refractivity contribution in [3.8, 4) is 0 Å². The van der Waals surface area contributed by atoms with Crippen LogP contribution in [0.4, 0.5) is 5.82 Å². The van der Waals surface area contributed by atoms with Crippen LogP contribution in [0.2, 0.25) is 0 Å². The number of piperidine rings is 1. The first-order valence-corrected chi connectivity index (χ1v) is 8.85. The Bertz CT molecular complexity index is 911. The molecule has 1 amide bonds. The van der Waals surface area contributed by atoms with Gasteiger partial charge >= 0.3 is 0 Å². The van der Waals surface area contributed by atoms with Crippen molar-refractivity contribution in [1.82, 2.24) is 30.2 Å². The Kier molecular flexibility index (Phi) is 4.51. The van der Waals surface area contributed by atoms with E-state index in [4.69, 9.17) is 4.52 Å². The highest BCUT2D eigenvalue weighted by Crippen LogP contribution is 2.25. The van der Waals surface area contributed by atoms with E-state index in [0.29, 0.717) is 18.8 Å². The molecule has 1 aliphatic rings. The Balaban J connectivity index is 1.45. The third-order valence-corrected chi connectivity index (χ3v) is 4.54. The zero-order chi connectivity index (χ0) is 17.9. The SMILES string of the molecule is Cc1cc(C(=O)NCCn2ncc3c(N4CCCCC4)ncnc32)no1. The summed E-state index contributed by atoms with van der Waals surface area (Å²) < 4.78 is 6.71. The van der Waals surface area contributed by atoms with E-state index in [1.807, 2.05) is 6.20 Å². The quantitative estimate of drug-likeness (QED) is 0.740. The number of hydrogen-bond acceptors (Lipinski definition) is 7. The summed E-state index contributed by atoms with van der Waals surface area (Å²) in [6, 6.07) is 1.61. The van der Waals surface area contributed by atoms with Crippen LogP contribution in [-0.2, 0) is 6.54 Å². The Labute approximate surface area is 150 Å². The molecule has 4 rings (SSSR count). The lowest BCUT2D eigenvalue weighted by Crippen LogP contribution is -2.30. The fourth-order valence-electron chi connectivity index (χ4n) is 3.24. The Hall–Kier alpha value is -2.97. The lowest BCUT2D eigenvalue weighted by Gasteiger charge is -2.27. The van der Waals surface area contributed by atoms with Crippen LogP contribution in [-0.4, -0.2) is 50.4 Å². The van der Waals surface area contributed by atoms with E-state index in [1.54, 1.807) is 24.0 Å². The van der Waals surface area contributed by atoms with Crippen LogP contribution in [0.15, 0.2) is 23.1 Å². The van der Waals surface area contributed by atoms with Gasteiger partial charge in [-0.1, -0.05) is 5.16 Å². The number of nitrogens with one attached hydrogen (secondary N) is 1. The molecule has 3 aromatic heterocycles. The third kappa shape index (κ3) is 3.24. The molecule has 9 nitrogen and oxygen atoms in total. The summed E-state index contributed by atoms with van der Waals surface area (Å²) in [4.78, 5) is 23.2. The number of amides is 1. The van der Waals surface area contributed by atoms with Crippen LogP contribution in [0.3, 0.4) is 0 Å². The van der Waals surface area contributed by atoms with Crippen molar-refractivity contribution in [1.29, 1.82) is 0 Å². The number of fused-ring (bicyclic) bond motifs is 1. The average Bonchev–Trinajstić information content (AvgIpc) is 3.29. The molecule has 1 fully saturated rings. The predicted octanol–water partition coefficient (Wildman–Crippen LogP) is 1.54. The number of rotatable bonds is 5. The number of aryl methyl sites for hydroxylation is 1. The van der Waals surface area contributed by atoms with Crippen molar-refractivity contribution >= 4 is 22.8 Å². The third-order valence-electron chi connectivity index (χ3n) is 4.54. The topological polar surface area (TPSA) is 102 Å². The minimum atomic E-state index is -0.262. The van der Waals surface area contributed by atoms with Crippen LogP contribution >= 0.6 is 0 Å². The van der Waals surface area contributed by atoms with E-state index < -0.39 is 0 Å². The molecule has 3 aromatic rings. The van der Waals surface area contributed by atoms with Gasteiger partial charge < -0.3 is 14.7 Å². The molecule has 9 heteroatoms. The molecule has 0 aliphatic carbocycles. The van der Waals surface area contributed by atoms with Gasteiger partial charge in [0.1, 0.15) is 17.9 Å². The number of carbonyl (C=O) groups is 1. The van der Waals surface area contributed by atoms with Crippen molar-refractivity contribution in [3.05, 3.63) is 30.0 Å². The summed E-state index contributed by atoms with van der Waals surface area (Å²) in [6.45, 7) is 4.72. The lowest BCUT2D eigenvalue weighted by molar-refractivity contribution is 0.0943. The number of anilines is 1. The standard InChI is InChI=1S/C17H21N7O2/c1-12-9-14(22-26-12)17(25)18-5-8-24-16-13(10-21-24)15(19-11-20-16)23-6-3-2-4-7-23/h9-11H,2-8H2,1H3,(H,18,25). The first-order valence-electron chi connectivity index (χ1n) is 8.85. The normalized spacial score (nSPS) is 14.7. The molecule has 1 saturated heterocycles. The highest BCUT2D eigenvalue weighted by Gasteiger charge is 2.18. The van der Waals surface area contributed by atoms with E-state index in [1.165, 1.54) is 19.3 Å². The first-order chi connectivity index (χ1) is 12.7. The van der Waals surface area contributed by atoms with E-state index >= 15 is 0 Å². The van der Waals surface area contributed by atoms with Crippen LogP contribution < -0.4 is 10.2 Å². The molecular weight excluding hydrogens is 334 g/mol. The zero-order valence-corrected chi connectivity index (χ0v) is 14.7. The second-order valence-electron chi connectivity index (χ2n) is 6.43. The van der Waals surface area contributed by atoms with Gasteiger partial charge in [0.05, 0.1) is 18.1 Å². The minimum Gasteiger partial charge on any atom is -0.361 e. The molecule has 0 saturated carbocycles. The van der Waals surface area contributed by atoms with Gasteiger partial charge in [-0.05, 0) is 26.2 Å². The molecule has 0 unspecified atom stereocenters. The molecule has 1 N–H and O–H groups in total. The highest BCUT2D eigenvalue weighted by molar-refractivity contribution is 5.92. The minimum absolute atomic E-state index is 0.262. The van der Waals surface area contributed by atoms with Crippen LogP contribution in [0, 0.1) is 6.92 Å². The lowest BCUT2D eigenvalue weighted by atomic mass is 10.1. The molecule has 136 valence electrons. The summed E-state index contributed by atoms with van der Waals surface area (Å²) in [7, 11) is 0. The molecule has 0 aromatic carbocycles. The number of hydrogen-bond donors (Lipinski definition) is 1. The van der Waals surface area contributed by atoms with Gasteiger partial charge in [0, 0.05) is 25.7 Å². The van der Waals surface area contributed by atoms with Gasteiger partial charge in [0.25, 0.3) is 5.91 Å². The van der Waals surface area contributed by atoms with Crippen molar-refractivity contribution in [2.75, 3.05) is 24.5 Å². The van der Waals surface area contributed by atoms with Crippen molar-refractivity contribution in [2.24, 2.45) is 0 Å². The molecule has 4 heterocycles. The summed E-state index contributed by atoms with van der Waals surface area (Å²) in [5.41, 5.74) is 1.06. The van der Waals surface area contributed by atoms with Crippen LogP contribution in [0.1, 0.15) is 35.5 Å². The van der Waals surface area contributed by atoms with E-state index in [-0.39, 0.29) is 11.6 Å². The maximum absolute atomic E-state index is 12.0. The summed E-state index contributed by atoms with van der Waals surface area (Å²) >= 11 is 0. The van der Waals surface area contributed by atoms with Gasteiger partial charge in [0.2, 0.25) is 0 Å².